The van der Waals surface area contributed by atoms with Crippen molar-refractivity contribution >= 4 is 58.6 Å². The lowest BCUT2D eigenvalue weighted by Gasteiger charge is -2.24. The topological polar surface area (TPSA) is 93.2 Å². The number of imide groups is 2. The van der Waals surface area contributed by atoms with Gasteiger partial charge in [-0.3, -0.25) is 9.59 Å². The van der Waals surface area contributed by atoms with Gasteiger partial charge in [0.15, 0.2) is 0 Å². The second-order valence-corrected chi connectivity index (χ2v) is 11.2. The molecule has 2 fully saturated rings. The van der Waals surface area contributed by atoms with E-state index in [1.165, 1.54) is 0 Å². The third-order valence-electron chi connectivity index (χ3n) is 7.74. The Balaban J connectivity index is 1.51. The minimum Gasteiger partial charge on any atom is -0.446 e. The molecule has 2 aromatic rings. The maximum absolute atomic E-state index is 14.1. The van der Waals surface area contributed by atoms with Crippen LogP contribution in [0, 0.1) is 0 Å². The van der Waals surface area contributed by atoms with Gasteiger partial charge in [0.05, 0.1) is 22.5 Å². The van der Waals surface area contributed by atoms with Crippen molar-refractivity contribution in [2.75, 3.05) is 0 Å². The van der Waals surface area contributed by atoms with Gasteiger partial charge in [-0.25, -0.2) is 19.4 Å². The highest BCUT2D eigenvalue weighted by Gasteiger charge is 2.54. The first-order valence-electron chi connectivity index (χ1n) is 13.4. The molecule has 2 aliphatic carbocycles. The molecule has 0 radical (unpaired) electrons. The van der Waals surface area contributed by atoms with Gasteiger partial charge in [-0.1, -0.05) is 47.5 Å². The molecule has 2 aliphatic heterocycles. The molecule has 2 heterocycles. The van der Waals surface area contributed by atoms with Crippen LogP contribution in [0.1, 0.15) is 62.5 Å². The van der Waals surface area contributed by atoms with Crippen LogP contribution in [0.2, 0.25) is 10.0 Å². The van der Waals surface area contributed by atoms with E-state index >= 15 is 0 Å². The van der Waals surface area contributed by atoms with Crippen molar-refractivity contribution in [3.8, 4) is 0 Å². The molecule has 0 aromatic heterocycles. The van der Waals surface area contributed by atoms with E-state index in [0.29, 0.717) is 46.9 Å². The van der Waals surface area contributed by atoms with Gasteiger partial charge in [-0.15, -0.1) is 0 Å². The van der Waals surface area contributed by atoms with E-state index < -0.39 is 24.0 Å². The highest BCUT2D eigenvalue weighted by molar-refractivity contribution is 6.36. The van der Waals surface area contributed by atoms with E-state index in [9.17, 15) is 19.2 Å². The number of rotatable bonds is 4. The summed E-state index contributed by atoms with van der Waals surface area (Å²) in [5.74, 6) is -1.50. The standard InChI is InChI=1S/C30H26Cl2N2O6/c31-19-13-9-17(10-14-19)25-23-24(27(35)33(25)29(37)39-21-5-1-2-6-21)26(18-11-15-20(32)16-12-18)34(28(23)36)30(38)40-22-7-3-4-8-22/h9-16,21-22H,1-8H2. The lowest BCUT2D eigenvalue weighted by atomic mass is 10.0. The quantitative estimate of drug-likeness (QED) is 0.388. The Morgan fingerprint density at radius 1 is 0.600 bits per heavy atom. The van der Waals surface area contributed by atoms with Crippen LogP contribution in [0.25, 0.3) is 11.4 Å². The molecule has 2 saturated carbocycles. The molecule has 6 rings (SSSR count). The fourth-order valence-electron chi connectivity index (χ4n) is 5.82. The second kappa shape index (κ2) is 10.7. The van der Waals surface area contributed by atoms with Gasteiger partial charge in [-0.2, -0.15) is 0 Å². The van der Waals surface area contributed by atoms with E-state index in [1.54, 1.807) is 48.5 Å². The van der Waals surface area contributed by atoms with Gasteiger partial charge < -0.3 is 9.47 Å². The van der Waals surface area contributed by atoms with Gasteiger partial charge in [0, 0.05) is 10.0 Å². The summed E-state index contributed by atoms with van der Waals surface area (Å²) in [5.41, 5.74) is 0.773. The zero-order valence-electron chi connectivity index (χ0n) is 21.5. The number of fused-ring (bicyclic) bond motifs is 1. The maximum atomic E-state index is 14.1. The zero-order chi connectivity index (χ0) is 28.0. The van der Waals surface area contributed by atoms with Crippen molar-refractivity contribution in [1.29, 1.82) is 0 Å². The molecule has 0 atom stereocenters. The number of benzene rings is 2. The van der Waals surface area contributed by atoms with Crippen LogP contribution in [0.3, 0.4) is 0 Å². The first kappa shape index (κ1) is 26.6. The van der Waals surface area contributed by atoms with Crippen LogP contribution in [-0.4, -0.2) is 46.0 Å². The Morgan fingerprint density at radius 2 is 0.925 bits per heavy atom. The van der Waals surface area contributed by atoms with E-state index in [2.05, 4.69) is 0 Å². The number of hydrogen-bond donors (Lipinski definition) is 0. The van der Waals surface area contributed by atoms with Crippen molar-refractivity contribution in [2.24, 2.45) is 0 Å². The molecule has 4 amide bonds. The van der Waals surface area contributed by atoms with Gasteiger partial charge in [0.2, 0.25) is 0 Å². The molecule has 0 unspecified atom stereocenters. The number of halogens is 2. The lowest BCUT2D eigenvalue weighted by molar-refractivity contribution is -0.123. The number of carbonyl (C=O) groups is 4. The predicted molar refractivity (Wildman–Crippen MR) is 148 cm³/mol. The average Bonchev–Trinajstić information content (AvgIpc) is 3.73. The maximum Gasteiger partial charge on any atom is 0.421 e. The first-order chi connectivity index (χ1) is 19.3. The normalized spacial score (nSPS) is 19.8. The summed E-state index contributed by atoms with van der Waals surface area (Å²) < 4.78 is 11.4. The van der Waals surface area contributed by atoms with E-state index in [-0.39, 0.29) is 34.7 Å². The smallest absolute Gasteiger partial charge is 0.421 e. The number of carbonyl (C=O) groups excluding carboxylic acids is 4. The molecule has 40 heavy (non-hydrogen) atoms. The molecular formula is C30H26Cl2N2O6. The molecule has 10 heteroatoms. The second-order valence-electron chi connectivity index (χ2n) is 10.3. The van der Waals surface area contributed by atoms with Crippen molar-refractivity contribution < 1.29 is 28.7 Å². The molecule has 0 bridgehead atoms. The molecule has 2 aromatic carbocycles. The van der Waals surface area contributed by atoms with Crippen LogP contribution >= 0.6 is 23.2 Å². The fraction of sp³-hybridized carbons (Fsp3) is 0.333. The SMILES string of the molecule is O=C(OC1CCCC1)N1C(=O)C2=C(c3ccc(Cl)cc3)N(C(=O)OC3CCCC3)C(=O)C2=C1c1ccc(Cl)cc1. The van der Waals surface area contributed by atoms with Crippen molar-refractivity contribution in [3.05, 3.63) is 80.8 Å². The number of ether oxygens (including phenoxy) is 2. The minimum absolute atomic E-state index is 0.0484. The monoisotopic (exact) mass is 580 g/mol. The summed E-state index contributed by atoms with van der Waals surface area (Å²) in [6, 6.07) is 12.9. The zero-order valence-corrected chi connectivity index (χ0v) is 23.0. The van der Waals surface area contributed by atoms with Gasteiger partial charge in [0.1, 0.15) is 12.2 Å². The summed E-state index contributed by atoms with van der Waals surface area (Å²) >= 11 is 12.2. The largest absolute Gasteiger partial charge is 0.446 e. The Morgan fingerprint density at radius 3 is 1.25 bits per heavy atom. The van der Waals surface area contributed by atoms with Gasteiger partial charge in [-0.05, 0) is 86.8 Å². The first-order valence-corrected chi connectivity index (χ1v) is 14.2. The van der Waals surface area contributed by atoms with E-state index in [0.717, 1.165) is 35.5 Å². The third-order valence-corrected chi connectivity index (χ3v) is 8.25. The van der Waals surface area contributed by atoms with Crippen LogP contribution < -0.4 is 0 Å². The summed E-state index contributed by atoms with van der Waals surface area (Å²) in [4.78, 5) is 57.0. The third kappa shape index (κ3) is 4.69. The lowest BCUT2D eigenvalue weighted by Crippen LogP contribution is -2.38. The van der Waals surface area contributed by atoms with Crippen LogP contribution in [-0.2, 0) is 19.1 Å². The number of amides is 4. The van der Waals surface area contributed by atoms with Crippen molar-refractivity contribution in [1.82, 2.24) is 9.80 Å². The van der Waals surface area contributed by atoms with Crippen LogP contribution in [0.15, 0.2) is 59.7 Å². The summed E-state index contributed by atoms with van der Waals surface area (Å²) in [7, 11) is 0. The molecule has 0 N–H and O–H groups in total. The van der Waals surface area contributed by atoms with E-state index in [1.807, 2.05) is 0 Å². The average molecular weight is 581 g/mol. The van der Waals surface area contributed by atoms with Gasteiger partial charge >= 0.3 is 12.2 Å². The Kier molecular flexibility index (Phi) is 7.15. The van der Waals surface area contributed by atoms with Crippen LogP contribution in [0.4, 0.5) is 9.59 Å². The fourth-order valence-corrected chi connectivity index (χ4v) is 6.07. The van der Waals surface area contributed by atoms with Crippen molar-refractivity contribution in [2.45, 2.75) is 63.6 Å². The Bertz CT molecular complexity index is 1340. The summed E-state index contributed by atoms with van der Waals surface area (Å²) in [6.07, 6.45) is 4.21. The molecule has 0 saturated heterocycles. The highest BCUT2D eigenvalue weighted by Crippen LogP contribution is 2.47. The van der Waals surface area contributed by atoms with Crippen molar-refractivity contribution in [3.63, 3.8) is 0 Å². The van der Waals surface area contributed by atoms with E-state index in [4.69, 9.17) is 32.7 Å². The molecular weight excluding hydrogens is 555 g/mol. The Hall–Kier alpha value is -3.62. The number of nitrogens with zero attached hydrogens (tertiary/aromatic N) is 2. The minimum atomic E-state index is -0.861. The molecule has 8 nitrogen and oxygen atoms in total. The molecule has 206 valence electrons. The highest BCUT2D eigenvalue weighted by atomic mass is 35.5. The van der Waals surface area contributed by atoms with Gasteiger partial charge in [0.25, 0.3) is 11.8 Å². The van der Waals surface area contributed by atoms with Crippen LogP contribution in [0.5, 0.6) is 0 Å². The summed E-state index contributed by atoms with van der Waals surface area (Å²) in [5, 5.41) is 0.881. The predicted octanol–water partition coefficient (Wildman–Crippen LogP) is 6.96. The Labute approximate surface area is 241 Å². The molecule has 4 aliphatic rings. The summed E-state index contributed by atoms with van der Waals surface area (Å²) in [6.45, 7) is 0. The number of hydrogen-bond acceptors (Lipinski definition) is 6. The molecule has 0 spiro atoms.